The first kappa shape index (κ1) is 15.9. The van der Waals surface area contributed by atoms with E-state index in [1.807, 2.05) is 0 Å². The molecule has 1 fully saturated rings. The summed E-state index contributed by atoms with van der Waals surface area (Å²) in [6, 6.07) is 6.40. The molecule has 1 saturated heterocycles. The van der Waals surface area contributed by atoms with E-state index in [-0.39, 0.29) is 34.8 Å². The van der Waals surface area contributed by atoms with E-state index in [4.69, 9.17) is 23.7 Å². The lowest BCUT2D eigenvalue weighted by molar-refractivity contribution is -0.122. The number of carbonyl (C=O) groups excluding carboxylic acids is 1. The monoisotopic (exact) mass is 327 g/mol. The smallest absolute Gasteiger partial charge is 0.243 e. The van der Waals surface area contributed by atoms with E-state index in [0.717, 1.165) is 0 Å². The number of nitrogens with two attached hydrogens (primary N) is 2. The summed E-state index contributed by atoms with van der Waals surface area (Å²) in [6.45, 7) is 0.531. The minimum absolute atomic E-state index is 0.0428. The Morgan fingerprint density at radius 1 is 1.19 bits per heavy atom. The van der Waals surface area contributed by atoms with Crippen LogP contribution >= 0.6 is 12.2 Å². The number of amides is 1. The molecule has 0 aliphatic carbocycles. The molecule has 0 spiro atoms. The SMILES string of the molecule is NC(=O)C1CCN(S(=O)(=O)c2ccccc2C(N)=S)CC1. The molecule has 114 valence electrons. The Hall–Kier alpha value is -1.51. The number of rotatable bonds is 4. The van der Waals surface area contributed by atoms with Gasteiger partial charge in [0.1, 0.15) is 4.99 Å². The first-order valence-corrected chi connectivity index (χ1v) is 8.37. The molecule has 1 amide bonds. The largest absolute Gasteiger partial charge is 0.389 e. The molecule has 0 bridgehead atoms. The number of sulfonamides is 1. The number of thiocarbonyl (C=S) groups is 1. The first-order chi connectivity index (χ1) is 9.84. The van der Waals surface area contributed by atoms with E-state index in [9.17, 15) is 13.2 Å². The normalized spacial score (nSPS) is 17.5. The predicted octanol–water partition coefficient (Wildman–Crippen LogP) is 0.207. The van der Waals surface area contributed by atoms with Crippen molar-refractivity contribution in [1.82, 2.24) is 4.31 Å². The van der Waals surface area contributed by atoms with E-state index < -0.39 is 10.0 Å². The Bertz CT molecular complexity index is 665. The highest BCUT2D eigenvalue weighted by Crippen LogP contribution is 2.25. The lowest BCUT2D eigenvalue weighted by Gasteiger charge is -2.30. The molecule has 4 N–H and O–H groups in total. The van der Waals surface area contributed by atoms with E-state index in [0.29, 0.717) is 18.4 Å². The standard InChI is InChI=1S/C13H17N3O3S2/c14-12(17)9-5-7-16(8-6-9)21(18,19)11-4-2-1-3-10(11)13(15)20/h1-4,9H,5-8H2,(H2,14,17)(H2,15,20). The van der Waals surface area contributed by atoms with Crippen LogP contribution < -0.4 is 11.5 Å². The summed E-state index contributed by atoms with van der Waals surface area (Å²) < 4.78 is 26.7. The third-order valence-electron chi connectivity index (χ3n) is 3.63. The van der Waals surface area contributed by atoms with Crippen molar-refractivity contribution in [2.45, 2.75) is 17.7 Å². The second-order valence-corrected chi connectivity index (χ2v) is 7.29. The van der Waals surface area contributed by atoms with Crippen molar-refractivity contribution in [1.29, 1.82) is 0 Å². The molecular formula is C13H17N3O3S2. The molecule has 0 unspecified atom stereocenters. The number of hydrogen-bond donors (Lipinski definition) is 2. The number of primary amides is 1. The molecule has 21 heavy (non-hydrogen) atoms. The maximum atomic E-state index is 12.7. The fourth-order valence-electron chi connectivity index (χ4n) is 2.41. The minimum Gasteiger partial charge on any atom is -0.389 e. The van der Waals surface area contributed by atoms with Crippen molar-refractivity contribution in [2.24, 2.45) is 17.4 Å². The van der Waals surface area contributed by atoms with Crippen molar-refractivity contribution in [3.8, 4) is 0 Å². The van der Waals surface area contributed by atoms with Gasteiger partial charge in [-0.1, -0.05) is 30.4 Å². The summed E-state index contributed by atoms with van der Waals surface area (Å²) in [6.07, 6.45) is 0.869. The quantitative estimate of drug-likeness (QED) is 0.769. The molecule has 8 heteroatoms. The van der Waals surface area contributed by atoms with Gasteiger partial charge in [-0.15, -0.1) is 0 Å². The third-order valence-corrected chi connectivity index (χ3v) is 5.80. The van der Waals surface area contributed by atoms with Crippen LogP contribution in [-0.4, -0.2) is 36.7 Å². The Kier molecular flexibility index (Phi) is 4.60. The Balaban J connectivity index is 2.28. The number of nitrogens with zero attached hydrogens (tertiary/aromatic N) is 1. The lowest BCUT2D eigenvalue weighted by atomic mass is 9.98. The Morgan fingerprint density at radius 3 is 2.29 bits per heavy atom. The summed E-state index contributed by atoms with van der Waals surface area (Å²) in [5, 5.41) is 0. The molecule has 1 heterocycles. The van der Waals surface area contributed by atoms with Crippen LogP contribution in [0.4, 0.5) is 0 Å². The van der Waals surface area contributed by atoms with Crippen LogP contribution in [0.2, 0.25) is 0 Å². The molecule has 1 aliphatic heterocycles. The molecule has 0 aromatic heterocycles. The topological polar surface area (TPSA) is 106 Å². The van der Waals surface area contributed by atoms with Crippen molar-refractivity contribution in [2.75, 3.05) is 13.1 Å². The number of benzene rings is 1. The van der Waals surface area contributed by atoms with Crippen LogP contribution in [-0.2, 0) is 14.8 Å². The first-order valence-electron chi connectivity index (χ1n) is 6.52. The minimum atomic E-state index is -3.67. The zero-order valence-electron chi connectivity index (χ0n) is 11.4. The van der Waals surface area contributed by atoms with Gasteiger partial charge in [-0.3, -0.25) is 4.79 Å². The fraction of sp³-hybridized carbons (Fsp3) is 0.385. The molecular weight excluding hydrogens is 310 g/mol. The second kappa shape index (κ2) is 6.08. The van der Waals surface area contributed by atoms with Crippen LogP contribution in [0.5, 0.6) is 0 Å². The van der Waals surface area contributed by atoms with Gasteiger partial charge in [0.05, 0.1) is 4.90 Å². The molecule has 1 aromatic rings. The van der Waals surface area contributed by atoms with Crippen LogP contribution in [0.15, 0.2) is 29.2 Å². The van der Waals surface area contributed by atoms with Gasteiger partial charge in [0, 0.05) is 24.6 Å². The number of carbonyl (C=O) groups is 1. The number of piperidine rings is 1. The molecule has 2 rings (SSSR count). The van der Waals surface area contributed by atoms with Crippen molar-refractivity contribution < 1.29 is 13.2 Å². The summed E-state index contributed by atoms with van der Waals surface area (Å²) in [7, 11) is -3.67. The van der Waals surface area contributed by atoms with Gasteiger partial charge in [-0.25, -0.2) is 8.42 Å². The van der Waals surface area contributed by atoms with Gasteiger partial charge in [-0.2, -0.15) is 4.31 Å². The van der Waals surface area contributed by atoms with Crippen molar-refractivity contribution in [3.63, 3.8) is 0 Å². The highest BCUT2D eigenvalue weighted by Gasteiger charge is 2.32. The molecule has 1 aliphatic rings. The molecule has 0 atom stereocenters. The highest BCUT2D eigenvalue weighted by molar-refractivity contribution is 7.89. The lowest BCUT2D eigenvalue weighted by Crippen LogP contribution is -2.42. The van der Waals surface area contributed by atoms with Gasteiger partial charge in [0.2, 0.25) is 15.9 Å². The van der Waals surface area contributed by atoms with Crippen molar-refractivity contribution >= 4 is 33.1 Å². The van der Waals surface area contributed by atoms with E-state index in [2.05, 4.69) is 0 Å². The van der Waals surface area contributed by atoms with E-state index in [1.165, 1.54) is 10.4 Å². The van der Waals surface area contributed by atoms with Gasteiger partial charge in [0.25, 0.3) is 0 Å². The van der Waals surface area contributed by atoms with Gasteiger partial charge >= 0.3 is 0 Å². The van der Waals surface area contributed by atoms with E-state index in [1.54, 1.807) is 18.2 Å². The van der Waals surface area contributed by atoms with Gasteiger partial charge < -0.3 is 11.5 Å². The van der Waals surface area contributed by atoms with Crippen LogP contribution in [0.25, 0.3) is 0 Å². The number of hydrogen-bond acceptors (Lipinski definition) is 4. The molecule has 0 saturated carbocycles. The van der Waals surface area contributed by atoms with E-state index >= 15 is 0 Å². The Morgan fingerprint density at radius 2 is 1.76 bits per heavy atom. The molecule has 6 nitrogen and oxygen atoms in total. The van der Waals surface area contributed by atoms with Gasteiger partial charge in [0.15, 0.2) is 0 Å². The summed E-state index contributed by atoms with van der Waals surface area (Å²) in [5.41, 5.74) is 11.2. The maximum absolute atomic E-state index is 12.7. The van der Waals surface area contributed by atoms with Crippen LogP contribution in [0, 0.1) is 5.92 Å². The highest BCUT2D eigenvalue weighted by atomic mass is 32.2. The van der Waals surface area contributed by atoms with Crippen LogP contribution in [0.3, 0.4) is 0 Å². The van der Waals surface area contributed by atoms with Gasteiger partial charge in [-0.05, 0) is 18.9 Å². The zero-order valence-corrected chi connectivity index (χ0v) is 13.0. The molecule has 0 radical (unpaired) electrons. The predicted molar refractivity (Wildman–Crippen MR) is 83.0 cm³/mol. The van der Waals surface area contributed by atoms with Crippen molar-refractivity contribution in [3.05, 3.63) is 29.8 Å². The molecule has 1 aromatic carbocycles. The summed E-state index contributed by atoms with van der Waals surface area (Å²) in [5.74, 6) is -0.641. The fourth-order valence-corrected chi connectivity index (χ4v) is 4.33. The summed E-state index contributed by atoms with van der Waals surface area (Å²) >= 11 is 4.91. The zero-order chi connectivity index (χ0) is 15.6. The maximum Gasteiger partial charge on any atom is 0.243 e. The van der Waals surface area contributed by atoms with Crippen LogP contribution in [0.1, 0.15) is 18.4 Å². The second-order valence-electron chi connectivity index (χ2n) is 4.94. The average Bonchev–Trinajstić information content (AvgIpc) is 2.47. The average molecular weight is 327 g/mol. The third kappa shape index (κ3) is 3.22. The Labute approximate surface area is 129 Å². The summed E-state index contributed by atoms with van der Waals surface area (Å²) in [4.78, 5) is 11.3.